The number of pyridine rings is 2. The molecular weight excluding hydrogens is 1540 g/mol. The number of rotatable bonds is 31. The molecule has 10 rings (SSSR count). The average molecular weight is 1640 g/mol. The van der Waals surface area contributed by atoms with Gasteiger partial charge in [0.05, 0.1) is 66.0 Å². The minimum atomic E-state index is -5.37. The Bertz CT molecular complexity index is 4540. The molecule has 1 N–H and O–H groups in total. The number of Topliss-reactive ketones (excluding diaryl/α,β-unsaturated/α-hetero) is 2. The lowest BCUT2D eigenvalue weighted by molar-refractivity contribution is -0.144. The number of alkyl halides is 12. The van der Waals surface area contributed by atoms with Gasteiger partial charge in [-0.05, 0) is 206 Å². The Morgan fingerprint density at radius 3 is 1.14 bits per heavy atom. The van der Waals surface area contributed by atoms with Gasteiger partial charge in [-0.2, -0.15) is 79.7 Å². The SMILES string of the molecule is CCOC(=O)C[C@H](CC(=O)C(CC(C)C)n1cc(CCN2CCC2)c(C(F)(F)F)cc1=O)c1c(F)c(-c2c(C)ccc(OC3CC3)c2C)cc(C(F)(F)F)c1F.Cc1ccc(OC2CC2)c(C)c1-c1cc(C(F)(F)F)c(F)c([C@H](CC(=O)O)CC(=O)C(CC(C)C)n2cc(CCN3CCC3)c(C(F)(F)F)cc2=O)c1F.S.S. The van der Waals surface area contributed by atoms with E-state index in [1.165, 1.54) is 46.8 Å². The maximum Gasteiger partial charge on any atom is 0.419 e. The van der Waals surface area contributed by atoms with Gasteiger partial charge in [-0.3, -0.25) is 28.8 Å². The van der Waals surface area contributed by atoms with Gasteiger partial charge < -0.3 is 38.3 Å². The van der Waals surface area contributed by atoms with Gasteiger partial charge in [0.25, 0.3) is 11.1 Å². The van der Waals surface area contributed by atoms with E-state index in [4.69, 9.17) is 14.2 Å². The molecule has 32 heteroatoms. The molecule has 4 aliphatic rings. The van der Waals surface area contributed by atoms with Crippen LogP contribution in [0, 0.1) is 62.8 Å². The number of aryl methyl sites for hydroxylation is 2. The number of carboxylic acids is 1. The first-order valence-corrected chi connectivity index (χ1v) is 36.6. The highest BCUT2D eigenvalue weighted by atomic mass is 32.1. The number of hydrogen-bond acceptors (Lipinski definition) is 11. The van der Waals surface area contributed by atoms with Gasteiger partial charge in [0, 0.05) is 84.5 Å². The largest absolute Gasteiger partial charge is 0.490 e. The number of esters is 1. The van der Waals surface area contributed by atoms with Crippen LogP contribution in [0.4, 0.5) is 70.2 Å². The lowest BCUT2D eigenvalue weighted by Gasteiger charge is -2.31. The number of hydrogen-bond donors (Lipinski definition) is 1. The van der Waals surface area contributed by atoms with E-state index in [9.17, 15) is 86.6 Å². The van der Waals surface area contributed by atoms with Crippen LogP contribution in [0.25, 0.3) is 22.3 Å². The zero-order chi connectivity index (χ0) is 81.1. The second kappa shape index (κ2) is 37.2. The summed E-state index contributed by atoms with van der Waals surface area (Å²) in [6.45, 7) is 17.3. The van der Waals surface area contributed by atoms with Crippen molar-refractivity contribution in [2.75, 3.05) is 45.9 Å². The number of likely N-dealkylation sites (tertiary alicyclic amines) is 2. The van der Waals surface area contributed by atoms with Crippen molar-refractivity contribution < 1.29 is 109 Å². The Morgan fingerprint density at radius 2 is 0.848 bits per heavy atom. The highest BCUT2D eigenvalue weighted by Crippen LogP contribution is 2.49. The van der Waals surface area contributed by atoms with Crippen molar-refractivity contribution in [3.8, 4) is 33.8 Å². The third kappa shape index (κ3) is 22.2. The fraction of sp³-hybridized carbons (Fsp3) is 0.525. The van der Waals surface area contributed by atoms with Crippen molar-refractivity contribution in [2.45, 2.75) is 213 Å². The molecule has 2 unspecified atom stereocenters. The lowest BCUT2D eigenvalue weighted by Crippen LogP contribution is -2.39. The molecule has 112 heavy (non-hydrogen) atoms. The molecule has 4 fully saturated rings. The highest BCUT2D eigenvalue weighted by Gasteiger charge is 2.45. The van der Waals surface area contributed by atoms with Gasteiger partial charge in [0.2, 0.25) is 0 Å². The van der Waals surface area contributed by atoms with Crippen molar-refractivity contribution in [1.29, 1.82) is 0 Å². The second-order valence-electron chi connectivity index (χ2n) is 29.9. The van der Waals surface area contributed by atoms with Gasteiger partial charge in [-0.1, -0.05) is 39.8 Å². The Hall–Kier alpha value is -7.84. The van der Waals surface area contributed by atoms with Gasteiger partial charge >= 0.3 is 36.6 Å². The molecule has 0 radical (unpaired) electrons. The van der Waals surface area contributed by atoms with E-state index in [1.807, 2.05) is 9.80 Å². The summed E-state index contributed by atoms with van der Waals surface area (Å²) in [5.74, 6) is -15.7. The predicted octanol–water partition coefficient (Wildman–Crippen LogP) is 18.8. The summed E-state index contributed by atoms with van der Waals surface area (Å²) < 4.78 is 256. The van der Waals surface area contributed by atoms with E-state index >= 15 is 17.6 Å². The number of ether oxygens (including phenoxy) is 3. The molecule has 4 aromatic carbocycles. The van der Waals surface area contributed by atoms with E-state index in [1.54, 1.807) is 39.8 Å². The fourth-order valence-electron chi connectivity index (χ4n) is 14.3. The van der Waals surface area contributed by atoms with Crippen LogP contribution in [0.3, 0.4) is 0 Å². The third-order valence-corrected chi connectivity index (χ3v) is 20.4. The minimum Gasteiger partial charge on any atom is -0.490 e. The number of aliphatic carboxylic acids is 1. The Balaban J connectivity index is 0.000000306. The van der Waals surface area contributed by atoms with Crippen LogP contribution in [-0.4, -0.2) is 106 Å². The van der Waals surface area contributed by atoms with Crippen LogP contribution in [-0.2, 0) is 61.5 Å². The number of ketones is 2. The summed E-state index contributed by atoms with van der Waals surface area (Å²) in [7, 11) is 0. The maximum atomic E-state index is 17.0. The number of carbonyl (C=O) groups is 4. The number of benzene rings is 4. The van der Waals surface area contributed by atoms with Gasteiger partial charge in [-0.25, -0.2) is 17.6 Å². The Morgan fingerprint density at radius 1 is 0.500 bits per heavy atom. The first kappa shape index (κ1) is 91.3. The summed E-state index contributed by atoms with van der Waals surface area (Å²) in [4.78, 5) is 84.1. The molecule has 2 aliphatic heterocycles. The van der Waals surface area contributed by atoms with Crippen LogP contribution < -0.4 is 20.6 Å². The topological polar surface area (TPSA) is 167 Å². The maximum absolute atomic E-state index is 17.0. The molecule has 616 valence electrons. The molecule has 0 amide bonds. The average Bonchev–Trinajstić information content (AvgIpc) is 1.47. The Labute approximate surface area is 651 Å². The second-order valence-corrected chi connectivity index (χ2v) is 29.9. The standard InChI is InChI=1S/C41H46F8N2O5.C39H42F8N2O5.2H2S/c1-6-55-35(54)18-26(17-32(52)31(16-22(2)3)51-21-25(12-15-50-13-7-14-50)29(20-34(51)53)40(44,45)46)37-38(42)28(19-30(39(37)43)41(47,48)49)36-23(4)8-11-33(24(36)5)56-27-9-10-27;1-20(2)14-29(49-19-23(10-13-48-11-5-12-48)27(18-32(49)51)38(42,43)44)30(50)15-24(16-33(52)53)35-36(40)26(17-28(37(35)41)39(45,46)47)34-21(3)6-9-31(22(34)4)54-25-7-8-25;;/h8,11,19-22,26-27,31H,6-7,9-10,12-18H2,1-5H3;6,9,17-20,24-25,29H,5,7-8,10-16H2,1-4H3,(H,52,53);2*1H2/t26-,31?;24-,29?;;/m00../s1. The highest BCUT2D eigenvalue weighted by molar-refractivity contribution is 7.59. The number of carbonyl (C=O) groups excluding carboxylic acids is 3. The third-order valence-electron chi connectivity index (χ3n) is 20.4. The first-order valence-electron chi connectivity index (χ1n) is 36.6. The van der Waals surface area contributed by atoms with E-state index in [0.29, 0.717) is 72.9 Å². The molecule has 2 aromatic heterocycles. The van der Waals surface area contributed by atoms with Crippen LogP contribution in [0.5, 0.6) is 11.5 Å². The molecular formula is C80H92F16N4O10S2. The van der Waals surface area contributed by atoms with Crippen molar-refractivity contribution in [3.63, 3.8) is 0 Å². The van der Waals surface area contributed by atoms with Crippen LogP contribution in [0.15, 0.2) is 70.5 Å². The quantitative estimate of drug-likeness (QED) is 0.0324. The van der Waals surface area contributed by atoms with Gasteiger partial charge in [-0.15, -0.1) is 0 Å². The summed E-state index contributed by atoms with van der Waals surface area (Å²) in [5.41, 5.74) is -11.5. The van der Waals surface area contributed by atoms with Gasteiger partial charge in [0.1, 0.15) is 34.8 Å². The van der Waals surface area contributed by atoms with Gasteiger partial charge in [0.15, 0.2) is 11.6 Å². The molecule has 0 spiro atoms. The lowest BCUT2D eigenvalue weighted by atomic mass is 9.83. The summed E-state index contributed by atoms with van der Waals surface area (Å²) >= 11 is 0. The smallest absolute Gasteiger partial charge is 0.419 e. The van der Waals surface area contributed by atoms with Crippen LogP contribution in [0.2, 0.25) is 0 Å². The summed E-state index contributed by atoms with van der Waals surface area (Å²) in [5, 5.41) is 9.83. The van der Waals surface area contributed by atoms with Crippen LogP contribution >= 0.6 is 27.0 Å². The molecule has 4 heterocycles. The number of nitrogens with zero attached hydrogens (tertiary/aromatic N) is 4. The van der Waals surface area contributed by atoms with E-state index in [-0.39, 0.29) is 130 Å². The number of carboxylic acid groups (broad SMARTS) is 1. The van der Waals surface area contributed by atoms with Crippen LogP contribution in [0.1, 0.15) is 202 Å². The predicted molar refractivity (Wildman–Crippen MR) is 397 cm³/mol. The summed E-state index contributed by atoms with van der Waals surface area (Å²) in [6.07, 6.45) is -18.6. The summed E-state index contributed by atoms with van der Waals surface area (Å²) in [6, 6.07) is 4.67. The van der Waals surface area contributed by atoms with E-state index < -0.39 is 177 Å². The van der Waals surface area contributed by atoms with Crippen molar-refractivity contribution >= 4 is 50.5 Å². The number of aromatic nitrogens is 2. The molecule has 2 saturated heterocycles. The molecule has 14 nitrogen and oxygen atoms in total. The van der Waals surface area contributed by atoms with Crippen molar-refractivity contribution in [1.82, 2.24) is 18.9 Å². The molecule has 2 aliphatic carbocycles. The molecule has 2 saturated carbocycles. The van der Waals surface area contributed by atoms with Crippen molar-refractivity contribution in [3.05, 3.63) is 172 Å². The molecule has 4 atom stereocenters. The fourth-order valence-corrected chi connectivity index (χ4v) is 14.3. The van der Waals surface area contributed by atoms with E-state index in [2.05, 4.69) is 0 Å². The molecule has 6 aromatic rings. The zero-order valence-electron chi connectivity index (χ0n) is 63.2. The number of halogens is 16. The molecule has 0 bridgehead atoms. The Kier molecular flexibility index (Phi) is 30.3. The normalized spacial score (nSPS) is 15.9. The zero-order valence-corrected chi connectivity index (χ0v) is 65.2. The minimum absolute atomic E-state index is 0. The van der Waals surface area contributed by atoms with E-state index in [0.717, 1.165) is 60.1 Å². The van der Waals surface area contributed by atoms with Crippen molar-refractivity contribution in [2.24, 2.45) is 11.8 Å². The monoisotopic (exact) mass is 1640 g/mol. The first-order chi connectivity index (χ1) is 51.4.